The third-order valence-electron chi connectivity index (χ3n) is 6.95. The zero-order valence-electron chi connectivity index (χ0n) is 22.5. The van der Waals surface area contributed by atoms with E-state index in [1.165, 1.54) is 0 Å². The van der Waals surface area contributed by atoms with Crippen molar-refractivity contribution in [1.82, 2.24) is 14.9 Å². The van der Waals surface area contributed by atoms with Crippen LogP contribution in [0, 0.1) is 0 Å². The van der Waals surface area contributed by atoms with Crippen molar-refractivity contribution in [3.05, 3.63) is 113 Å². The molecule has 3 aromatic carbocycles. The summed E-state index contributed by atoms with van der Waals surface area (Å²) in [5.74, 6) is 1.38. The molecule has 206 valence electrons. The van der Waals surface area contributed by atoms with E-state index in [4.69, 9.17) is 4.74 Å². The maximum atomic E-state index is 12.8. The SMILES string of the molecule is CC(O)CNC(=O)c1ccc(SCc2c(O[C@H](Cn3ccnc3)c3ccccc3)ccc3c2CCCC3=O)cc1. The lowest BCUT2D eigenvalue weighted by atomic mass is 9.87. The number of nitrogens with one attached hydrogen (secondary N) is 1. The molecule has 1 aliphatic carbocycles. The van der Waals surface area contributed by atoms with E-state index in [0.717, 1.165) is 45.7 Å². The second-order valence-corrected chi connectivity index (χ2v) is 11.0. The van der Waals surface area contributed by atoms with Gasteiger partial charge in [0, 0.05) is 52.7 Å². The highest BCUT2D eigenvalue weighted by atomic mass is 32.2. The van der Waals surface area contributed by atoms with Crippen LogP contribution in [-0.2, 0) is 18.7 Å². The second-order valence-electron chi connectivity index (χ2n) is 9.99. The number of aliphatic hydroxyl groups is 1. The molecule has 0 radical (unpaired) electrons. The van der Waals surface area contributed by atoms with Crippen LogP contribution in [0.4, 0.5) is 0 Å². The van der Waals surface area contributed by atoms with Crippen LogP contribution in [0.15, 0.2) is 90.3 Å². The van der Waals surface area contributed by atoms with Crippen LogP contribution in [0.1, 0.15) is 63.3 Å². The Morgan fingerprint density at radius 1 is 1.10 bits per heavy atom. The molecule has 4 aromatic rings. The van der Waals surface area contributed by atoms with E-state index in [1.807, 2.05) is 53.2 Å². The molecule has 0 aliphatic heterocycles. The molecule has 0 saturated carbocycles. The number of ether oxygens (including phenoxy) is 1. The van der Waals surface area contributed by atoms with E-state index in [0.29, 0.717) is 24.3 Å². The molecule has 1 heterocycles. The van der Waals surface area contributed by atoms with Gasteiger partial charge in [-0.05, 0) is 67.3 Å². The second kappa shape index (κ2) is 13.0. The van der Waals surface area contributed by atoms with Gasteiger partial charge >= 0.3 is 0 Å². The summed E-state index contributed by atoms with van der Waals surface area (Å²) in [6.07, 6.45) is 6.89. The molecular formula is C32H33N3O4S. The predicted molar refractivity (Wildman–Crippen MR) is 156 cm³/mol. The van der Waals surface area contributed by atoms with Crippen molar-refractivity contribution in [2.75, 3.05) is 6.54 Å². The molecule has 0 saturated heterocycles. The van der Waals surface area contributed by atoms with Crippen molar-refractivity contribution in [2.45, 2.75) is 55.6 Å². The van der Waals surface area contributed by atoms with E-state index in [1.54, 1.807) is 43.3 Å². The van der Waals surface area contributed by atoms with E-state index in [9.17, 15) is 14.7 Å². The van der Waals surface area contributed by atoms with Gasteiger partial charge in [-0.15, -0.1) is 11.8 Å². The Kier molecular flexibility index (Phi) is 8.98. The number of aromatic nitrogens is 2. The number of aliphatic hydroxyl groups excluding tert-OH is 1. The number of amides is 1. The number of rotatable bonds is 11. The number of hydrogen-bond acceptors (Lipinski definition) is 6. The van der Waals surface area contributed by atoms with Crippen molar-refractivity contribution in [1.29, 1.82) is 0 Å². The fraction of sp³-hybridized carbons (Fsp3) is 0.281. The summed E-state index contributed by atoms with van der Waals surface area (Å²) in [5.41, 5.74) is 4.52. The summed E-state index contributed by atoms with van der Waals surface area (Å²) in [7, 11) is 0. The van der Waals surface area contributed by atoms with Crippen LogP contribution in [0.2, 0.25) is 0 Å². The lowest BCUT2D eigenvalue weighted by molar-refractivity contribution is 0.0923. The third kappa shape index (κ3) is 6.81. The number of nitrogens with zero attached hydrogens (tertiary/aromatic N) is 2. The highest BCUT2D eigenvalue weighted by molar-refractivity contribution is 7.98. The fourth-order valence-electron chi connectivity index (χ4n) is 4.87. The van der Waals surface area contributed by atoms with Gasteiger partial charge in [0.05, 0.1) is 19.0 Å². The topological polar surface area (TPSA) is 93.4 Å². The van der Waals surface area contributed by atoms with Crippen molar-refractivity contribution in [3.63, 3.8) is 0 Å². The van der Waals surface area contributed by atoms with Crippen molar-refractivity contribution < 1.29 is 19.4 Å². The Labute approximate surface area is 238 Å². The zero-order chi connectivity index (χ0) is 27.9. The number of carbonyl (C=O) groups excluding carboxylic acids is 2. The Morgan fingerprint density at radius 2 is 1.90 bits per heavy atom. The molecule has 8 heteroatoms. The lowest BCUT2D eigenvalue weighted by Gasteiger charge is -2.25. The minimum absolute atomic E-state index is 0.185. The maximum Gasteiger partial charge on any atom is 0.251 e. The van der Waals surface area contributed by atoms with Crippen molar-refractivity contribution in [3.8, 4) is 5.75 Å². The molecular weight excluding hydrogens is 522 g/mol. The third-order valence-corrected chi connectivity index (χ3v) is 7.99. The van der Waals surface area contributed by atoms with Crippen molar-refractivity contribution >= 4 is 23.5 Å². The number of thioether (sulfide) groups is 1. The smallest absolute Gasteiger partial charge is 0.251 e. The summed E-state index contributed by atoms with van der Waals surface area (Å²) in [6.45, 7) is 2.44. The van der Waals surface area contributed by atoms with Gasteiger partial charge in [-0.3, -0.25) is 9.59 Å². The normalized spacial score (nSPS) is 14.3. The minimum atomic E-state index is -0.597. The highest BCUT2D eigenvalue weighted by Crippen LogP contribution is 2.38. The van der Waals surface area contributed by atoms with Gasteiger partial charge in [0.15, 0.2) is 5.78 Å². The van der Waals surface area contributed by atoms with Gasteiger partial charge in [0.25, 0.3) is 5.91 Å². The minimum Gasteiger partial charge on any atom is -0.484 e. The van der Waals surface area contributed by atoms with Crippen LogP contribution in [0.25, 0.3) is 0 Å². The predicted octanol–water partition coefficient (Wildman–Crippen LogP) is 5.63. The largest absolute Gasteiger partial charge is 0.484 e. The quantitative estimate of drug-likeness (QED) is 0.233. The maximum absolute atomic E-state index is 12.8. The Balaban J connectivity index is 1.40. The van der Waals surface area contributed by atoms with Crippen LogP contribution in [-0.4, -0.2) is 39.0 Å². The highest BCUT2D eigenvalue weighted by Gasteiger charge is 2.25. The van der Waals surface area contributed by atoms with Gasteiger partial charge in [0.2, 0.25) is 0 Å². The van der Waals surface area contributed by atoms with Gasteiger partial charge in [-0.2, -0.15) is 0 Å². The van der Waals surface area contributed by atoms with Crippen LogP contribution >= 0.6 is 11.8 Å². The monoisotopic (exact) mass is 555 g/mol. The molecule has 1 unspecified atom stereocenters. The Bertz CT molecular complexity index is 1440. The van der Waals surface area contributed by atoms with Crippen LogP contribution in [0.3, 0.4) is 0 Å². The van der Waals surface area contributed by atoms with E-state index in [2.05, 4.69) is 22.4 Å². The Hall–Kier alpha value is -3.88. The molecule has 5 rings (SSSR count). The number of benzene rings is 3. The molecule has 1 aromatic heterocycles. The van der Waals surface area contributed by atoms with Crippen LogP contribution < -0.4 is 10.1 Å². The molecule has 0 fully saturated rings. The van der Waals surface area contributed by atoms with E-state index >= 15 is 0 Å². The lowest BCUT2D eigenvalue weighted by Crippen LogP contribution is -2.30. The first-order valence-electron chi connectivity index (χ1n) is 13.5. The number of imidazole rings is 1. The fourth-order valence-corrected chi connectivity index (χ4v) is 5.82. The molecule has 0 bridgehead atoms. The first-order valence-corrected chi connectivity index (χ1v) is 14.5. The van der Waals surface area contributed by atoms with Gasteiger partial charge in [-0.1, -0.05) is 30.3 Å². The molecule has 40 heavy (non-hydrogen) atoms. The zero-order valence-corrected chi connectivity index (χ0v) is 23.3. The summed E-state index contributed by atoms with van der Waals surface area (Å²) in [6, 6.07) is 21.4. The van der Waals surface area contributed by atoms with E-state index in [-0.39, 0.29) is 24.3 Å². The van der Waals surface area contributed by atoms with Gasteiger partial charge < -0.3 is 19.7 Å². The average molecular weight is 556 g/mol. The summed E-state index contributed by atoms with van der Waals surface area (Å²) in [5, 5.41) is 12.1. The number of ketones is 1. The molecule has 0 spiro atoms. The first-order chi connectivity index (χ1) is 19.5. The molecule has 2 N–H and O–H groups in total. The number of fused-ring (bicyclic) bond motifs is 1. The molecule has 7 nitrogen and oxygen atoms in total. The molecule has 1 aliphatic rings. The standard InChI is InChI=1S/C32H33N3O4S/c1-22(36)18-34-32(38)24-10-12-25(13-11-24)40-20-28-26-8-5-9-29(37)27(26)14-15-30(28)39-31(19-35-17-16-33-21-35)23-6-3-2-4-7-23/h2-4,6-7,10-17,21-22,31,36H,5,8-9,18-20H2,1H3,(H,34,38)/t22?,31-/m1/s1. The van der Waals surface area contributed by atoms with Crippen LogP contribution in [0.5, 0.6) is 5.75 Å². The summed E-state index contributed by atoms with van der Waals surface area (Å²) >= 11 is 1.65. The Morgan fingerprint density at radius 3 is 2.62 bits per heavy atom. The first kappa shape index (κ1) is 27.7. The molecule has 2 atom stereocenters. The number of hydrogen-bond donors (Lipinski definition) is 2. The van der Waals surface area contributed by atoms with E-state index < -0.39 is 6.10 Å². The summed E-state index contributed by atoms with van der Waals surface area (Å²) in [4.78, 5) is 30.3. The summed E-state index contributed by atoms with van der Waals surface area (Å²) < 4.78 is 8.75. The number of carbonyl (C=O) groups is 2. The number of Topliss-reactive ketones (excluding diaryl/α,β-unsaturated/α-hetero) is 1. The van der Waals surface area contributed by atoms with Crippen molar-refractivity contribution in [2.24, 2.45) is 0 Å². The average Bonchev–Trinajstić information content (AvgIpc) is 3.49. The molecule has 1 amide bonds. The van der Waals surface area contributed by atoms with Gasteiger partial charge in [0.1, 0.15) is 11.9 Å². The van der Waals surface area contributed by atoms with Gasteiger partial charge in [-0.25, -0.2) is 4.98 Å².